The van der Waals surface area contributed by atoms with Gasteiger partial charge in [0.05, 0.1) is 6.10 Å². The summed E-state index contributed by atoms with van der Waals surface area (Å²) in [5.41, 5.74) is 5.21. The SMILES string of the molecule is COC(C)C[C@@H](N)C(=O)O. The molecule has 0 aromatic heterocycles. The third-order valence-corrected chi connectivity index (χ3v) is 1.31. The first kappa shape index (κ1) is 9.39. The minimum absolute atomic E-state index is 0.0916. The van der Waals surface area contributed by atoms with Crippen LogP contribution < -0.4 is 5.73 Å². The molecule has 0 heterocycles. The Morgan fingerprint density at radius 1 is 1.80 bits per heavy atom. The van der Waals surface area contributed by atoms with Crippen molar-refractivity contribution in [1.29, 1.82) is 0 Å². The number of carboxylic acids is 1. The van der Waals surface area contributed by atoms with Gasteiger partial charge in [-0.3, -0.25) is 4.79 Å². The minimum atomic E-state index is -0.982. The van der Waals surface area contributed by atoms with Gasteiger partial charge < -0.3 is 15.6 Å². The predicted octanol–water partition coefficient (Wildman–Crippen LogP) is -0.177. The van der Waals surface area contributed by atoms with Crippen LogP contribution >= 0.6 is 0 Å². The molecule has 60 valence electrons. The normalized spacial score (nSPS) is 16.3. The molecule has 0 aliphatic heterocycles. The molecule has 0 rings (SSSR count). The van der Waals surface area contributed by atoms with Crippen LogP contribution in [0.1, 0.15) is 13.3 Å². The van der Waals surface area contributed by atoms with Crippen molar-refractivity contribution in [3.05, 3.63) is 0 Å². The minimum Gasteiger partial charge on any atom is -0.480 e. The molecule has 10 heavy (non-hydrogen) atoms. The van der Waals surface area contributed by atoms with Crippen molar-refractivity contribution in [3.8, 4) is 0 Å². The number of carbonyl (C=O) groups is 1. The lowest BCUT2D eigenvalue weighted by Crippen LogP contribution is -2.33. The number of aliphatic carboxylic acids is 1. The van der Waals surface area contributed by atoms with Crippen molar-refractivity contribution in [2.24, 2.45) is 5.73 Å². The quantitative estimate of drug-likeness (QED) is 0.578. The van der Waals surface area contributed by atoms with Crippen LogP contribution in [0.25, 0.3) is 0 Å². The van der Waals surface area contributed by atoms with Gasteiger partial charge in [0.1, 0.15) is 6.04 Å². The largest absolute Gasteiger partial charge is 0.480 e. The highest BCUT2D eigenvalue weighted by Crippen LogP contribution is 1.98. The number of hydrogen-bond donors (Lipinski definition) is 2. The summed E-state index contributed by atoms with van der Waals surface area (Å²) in [5, 5.41) is 8.35. The van der Waals surface area contributed by atoms with Gasteiger partial charge in [0.2, 0.25) is 0 Å². The van der Waals surface area contributed by atoms with E-state index in [-0.39, 0.29) is 6.10 Å². The molecule has 0 aliphatic carbocycles. The van der Waals surface area contributed by atoms with Gasteiger partial charge in [0.25, 0.3) is 0 Å². The van der Waals surface area contributed by atoms with Crippen molar-refractivity contribution < 1.29 is 14.6 Å². The van der Waals surface area contributed by atoms with Gasteiger partial charge in [-0.25, -0.2) is 0 Å². The Hall–Kier alpha value is -0.610. The lowest BCUT2D eigenvalue weighted by molar-refractivity contribution is -0.139. The van der Waals surface area contributed by atoms with Gasteiger partial charge in [-0.2, -0.15) is 0 Å². The maximum Gasteiger partial charge on any atom is 0.320 e. The Morgan fingerprint density at radius 2 is 2.30 bits per heavy atom. The van der Waals surface area contributed by atoms with E-state index in [2.05, 4.69) is 0 Å². The number of rotatable bonds is 4. The fourth-order valence-electron chi connectivity index (χ4n) is 0.555. The van der Waals surface area contributed by atoms with Crippen LogP contribution in [-0.4, -0.2) is 30.3 Å². The second-order valence-electron chi connectivity index (χ2n) is 2.23. The second kappa shape index (κ2) is 4.24. The standard InChI is InChI=1S/C6H13NO3/c1-4(10-2)3-5(7)6(8)9/h4-5H,3,7H2,1-2H3,(H,8,9)/t4?,5-/m1/s1. The molecule has 0 spiro atoms. The molecule has 0 aromatic carbocycles. The average Bonchev–Trinajstić information content (AvgIpc) is 1.87. The molecule has 0 fully saturated rings. The van der Waals surface area contributed by atoms with Crippen LogP contribution in [0.4, 0.5) is 0 Å². The summed E-state index contributed by atoms with van der Waals surface area (Å²) in [6.45, 7) is 1.78. The van der Waals surface area contributed by atoms with Crippen molar-refractivity contribution in [2.75, 3.05) is 7.11 Å². The van der Waals surface area contributed by atoms with Crippen molar-refractivity contribution in [2.45, 2.75) is 25.5 Å². The van der Waals surface area contributed by atoms with E-state index in [0.717, 1.165) is 0 Å². The first-order chi connectivity index (χ1) is 4.57. The highest BCUT2D eigenvalue weighted by molar-refractivity contribution is 5.73. The molecule has 0 amide bonds. The fraction of sp³-hybridized carbons (Fsp3) is 0.833. The first-order valence-corrected chi connectivity index (χ1v) is 3.09. The van der Waals surface area contributed by atoms with E-state index < -0.39 is 12.0 Å². The summed E-state index contributed by atoms with van der Waals surface area (Å²) in [7, 11) is 1.53. The van der Waals surface area contributed by atoms with Crippen molar-refractivity contribution in [3.63, 3.8) is 0 Å². The smallest absolute Gasteiger partial charge is 0.320 e. The zero-order valence-electron chi connectivity index (χ0n) is 6.20. The summed E-state index contributed by atoms with van der Waals surface area (Å²) in [6.07, 6.45) is 0.261. The second-order valence-corrected chi connectivity index (χ2v) is 2.23. The number of carboxylic acid groups (broad SMARTS) is 1. The molecule has 4 heteroatoms. The van der Waals surface area contributed by atoms with E-state index in [1.807, 2.05) is 0 Å². The number of nitrogens with two attached hydrogens (primary N) is 1. The van der Waals surface area contributed by atoms with E-state index in [1.54, 1.807) is 6.92 Å². The Kier molecular flexibility index (Phi) is 3.99. The third-order valence-electron chi connectivity index (χ3n) is 1.31. The fourth-order valence-corrected chi connectivity index (χ4v) is 0.555. The molecule has 0 saturated heterocycles. The summed E-state index contributed by atoms with van der Waals surface area (Å²) < 4.78 is 4.83. The Balaban J connectivity index is 3.56. The van der Waals surface area contributed by atoms with Crippen molar-refractivity contribution in [1.82, 2.24) is 0 Å². The van der Waals surface area contributed by atoms with Gasteiger partial charge in [-0.1, -0.05) is 0 Å². The Bertz CT molecular complexity index is 116. The van der Waals surface area contributed by atoms with Gasteiger partial charge in [-0.05, 0) is 13.3 Å². The molecule has 1 unspecified atom stereocenters. The van der Waals surface area contributed by atoms with Crippen LogP contribution in [0.5, 0.6) is 0 Å². The van der Waals surface area contributed by atoms with Crippen molar-refractivity contribution >= 4 is 5.97 Å². The molecule has 0 aromatic rings. The van der Waals surface area contributed by atoms with E-state index in [0.29, 0.717) is 6.42 Å². The van der Waals surface area contributed by atoms with Crippen LogP contribution in [0, 0.1) is 0 Å². The van der Waals surface area contributed by atoms with E-state index in [4.69, 9.17) is 15.6 Å². The zero-order valence-corrected chi connectivity index (χ0v) is 6.20. The van der Waals surface area contributed by atoms with Gasteiger partial charge in [-0.15, -0.1) is 0 Å². The average molecular weight is 147 g/mol. The molecular formula is C6H13NO3. The predicted molar refractivity (Wildman–Crippen MR) is 36.7 cm³/mol. The molecule has 2 atom stereocenters. The highest BCUT2D eigenvalue weighted by Gasteiger charge is 2.14. The first-order valence-electron chi connectivity index (χ1n) is 3.09. The van der Waals surface area contributed by atoms with E-state index in [1.165, 1.54) is 7.11 Å². The summed E-state index contributed by atoms with van der Waals surface area (Å²) in [4.78, 5) is 10.2. The Morgan fingerprint density at radius 3 is 2.60 bits per heavy atom. The summed E-state index contributed by atoms with van der Waals surface area (Å²) in [5.74, 6) is -0.982. The maximum absolute atomic E-state index is 10.2. The monoisotopic (exact) mass is 147 g/mol. The number of methoxy groups -OCH3 is 1. The number of ether oxygens (including phenoxy) is 1. The topological polar surface area (TPSA) is 72.5 Å². The van der Waals surface area contributed by atoms with E-state index in [9.17, 15) is 4.79 Å². The maximum atomic E-state index is 10.2. The van der Waals surface area contributed by atoms with Crippen LogP contribution in [-0.2, 0) is 9.53 Å². The molecular weight excluding hydrogens is 134 g/mol. The van der Waals surface area contributed by atoms with Crippen LogP contribution in [0.3, 0.4) is 0 Å². The number of hydrogen-bond acceptors (Lipinski definition) is 3. The van der Waals surface area contributed by atoms with E-state index >= 15 is 0 Å². The molecule has 0 radical (unpaired) electrons. The lowest BCUT2D eigenvalue weighted by Gasteiger charge is -2.11. The molecule has 4 nitrogen and oxygen atoms in total. The van der Waals surface area contributed by atoms with Gasteiger partial charge in [0, 0.05) is 7.11 Å². The molecule has 3 N–H and O–H groups in total. The summed E-state index contributed by atoms with van der Waals surface area (Å²) >= 11 is 0. The molecule has 0 saturated carbocycles. The molecule has 0 bridgehead atoms. The van der Waals surface area contributed by atoms with Gasteiger partial charge >= 0.3 is 5.97 Å². The zero-order chi connectivity index (χ0) is 8.15. The lowest BCUT2D eigenvalue weighted by atomic mass is 10.1. The van der Waals surface area contributed by atoms with Gasteiger partial charge in [0.15, 0.2) is 0 Å². The summed E-state index contributed by atoms with van der Waals surface area (Å²) in [6, 6.07) is -0.810. The molecule has 0 aliphatic rings. The Labute approximate surface area is 60.0 Å². The highest BCUT2D eigenvalue weighted by atomic mass is 16.5. The third kappa shape index (κ3) is 3.42. The van der Waals surface area contributed by atoms with Crippen LogP contribution in [0.2, 0.25) is 0 Å². The van der Waals surface area contributed by atoms with Crippen LogP contribution in [0.15, 0.2) is 0 Å².